The molecule has 2 heterocycles. The lowest BCUT2D eigenvalue weighted by Crippen LogP contribution is -2.47. The largest absolute Gasteiger partial charge is 0.497 e. The molecule has 0 aromatic heterocycles. The van der Waals surface area contributed by atoms with Gasteiger partial charge in [0.2, 0.25) is 5.91 Å². The number of fused-ring (bicyclic) bond motifs is 1. The molecule has 1 fully saturated rings. The molecule has 2 aliphatic heterocycles. The van der Waals surface area contributed by atoms with Crippen LogP contribution in [0, 0.1) is 0 Å². The molecule has 8 heteroatoms. The molecule has 4 rings (SSSR count). The van der Waals surface area contributed by atoms with Gasteiger partial charge in [-0.05, 0) is 24.3 Å². The van der Waals surface area contributed by atoms with Crippen LogP contribution in [-0.4, -0.2) is 50.9 Å². The van der Waals surface area contributed by atoms with Gasteiger partial charge in [0.25, 0.3) is 0 Å². The van der Waals surface area contributed by atoms with Gasteiger partial charge in [0.05, 0.1) is 19.7 Å². The van der Waals surface area contributed by atoms with E-state index in [9.17, 15) is 9.59 Å². The average molecular weight is 397 g/mol. The van der Waals surface area contributed by atoms with Gasteiger partial charge in [-0.3, -0.25) is 4.79 Å². The fourth-order valence-corrected chi connectivity index (χ4v) is 3.44. The average Bonchev–Trinajstić information content (AvgIpc) is 3.12. The molecule has 0 saturated carbocycles. The van der Waals surface area contributed by atoms with Gasteiger partial charge in [-0.25, -0.2) is 4.79 Å². The van der Waals surface area contributed by atoms with E-state index in [-0.39, 0.29) is 30.5 Å². The smallest absolute Gasteiger partial charge is 0.315 e. The van der Waals surface area contributed by atoms with Gasteiger partial charge < -0.3 is 29.7 Å². The highest BCUT2D eigenvalue weighted by atomic mass is 16.6. The van der Waals surface area contributed by atoms with E-state index in [1.54, 1.807) is 18.1 Å². The van der Waals surface area contributed by atoms with E-state index in [0.717, 1.165) is 5.69 Å². The molecule has 0 unspecified atom stereocenters. The van der Waals surface area contributed by atoms with Crippen LogP contribution in [0.2, 0.25) is 0 Å². The molecular weight excluding hydrogens is 374 g/mol. The molecule has 152 valence electrons. The van der Waals surface area contributed by atoms with Gasteiger partial charge in [0, 0.05) is 24.7 Å². The Balaban J connectivity index is 1.27. The number of ether oxygens (including phenoxy) is 3. The maximum absolute atomic E-state index is 12.4. The number of anilines is 1. The third-order valence-corrected chi connectivity index (χ3v) is 4.88. The summed E-state index contributed by atoms with van der Waals surface area (Å²) in [5.74, 6) is 2.02. The summed E-state index contributed by atoms with van der Waals surface area (Å²) in [6, 6.07) is 14.1. The van der Waals surface area contributed by atoms with Crippen molar-refractivity contribution in [2.24, 2.45) is 0 Å². The standard InChI is InChI=1S/C21H23N3O5/c1-27-16-6-4-5-15(10-16)24-12-14(9-20(24)25)23-21(26)22-11-17-13-28-18-7-2-3-8-19(18)29-17/h2-8,10,14,17H,9,11-13H2,1H3,(H2,22,23,26)/t14-,17-/m0/s1. The highest BCUT2D eigenvalue weighted by Crippen LogP contribution is 2.30. The second-order valence-electron chi connectivity index (χ2n) is 6.96. The molecule has 1 saturated heterocycles. The Morgan fingerprint density at radius 1 is 1.21 bits per heavy atom. The summed E-state index contributed by atoms with van der Waals surface area (Å²) < 4.78 is 16.7. The van der Waals surface area contributed by atoms with E-state index in [0.29, 0.717) is 36.9 Å². The Morgan fingerprint density at radius 3 is 2.86 bits per heavy atom. The van der Waals surface area contributed by atoms with Crippen molar-refractivity contribution in [1.82, 2.24) is 10.6 Å². The zero-order valence-electron chi connectivity index (χ0n) is 16.1. The Hall–Kier alpha value is -3.42. The van der Waals surface area contributed by atoms with E-state index in [1.165, 1.54) is 0 Å². The molecule has 0 radical (unpaired) electrons. The lowest BCUT2D eigenvalue weighted by atomic mass is 10.2. The van der Waals surface area contributed by atoms with Crippen molar-refractivity contribution in [2.45, 2.75) is 18.6 Å². The third kappa shape index (κ3) is 4.37. The summed E-state index contributed by atoms with van der Waals surface area (Å²) in [5.41, 5.74) is 0.755. The number of benzene rings is 2. The summed E-state index contributed by atoms with van der Waals surface area (Å²) in [5, 5.41) is 5.65. The topological polar surface area (TPSA) is 89.1 Å². The Labute approximate surface area is 168 Å². The first kappa shape index (κ1) is 18.9. The molecule has 2 aliphatic rings. The summed E-state index contributed by atoms with van der Waals surface area (Å²) in [4.78, 5) is 26.3. The minimum atomic E-state index is -0.335. The first-order chi connectivity index (χ1) is 14.1. The Bertz CT molecular complexity index is 903. The van der Waals surface area contributed by atoms with Crippen molar-refractivity contribution in [2.75, 3.05) is 31.7 Å². The normalized spacial score (nSPS) is 20.3. The molecular formula is C21H23N3O5. The van der Waals surface area contributed by atoms with Crippen LogP contribution < -0.4 is 29.7 Å². The molecule has 2 N–H and O–H groups in total. The first-order valence-electron chi connectivity index (χ1n) is 9.49. The lowest BCUT2D eigenvalue weighted by Gasteiger charge is -2.26. The predicted molar refractivity (Wildman–Crippen MR) is 107 cm³/mol. The minimum absolute atomic E-state index is 0.0378. The lowest BCUT2D eigenvalue weighted by molar-refractivity contribution is -0.117. The number of nitrogens with zero attached hydrogens (tertiary/aromatic N) is 1. The zero-order chi connectivity index (χ0) is 20.2. The summed E-state index contributed by atoms with van der Waals surface area (Å²) >= 11 is 0. The van der Waals surface area contributed by atoms with E-state index in [4.69, 9.17) is 14.2 Å². The predicted octanol–water partition coefficient (Wildman–Crippen LogP) is 1.94. The monoisotopic (exact) mass is 397 g/mol. The fraction of sp³-hybridized carbons (Fsp3) is 0.333. The minimum Gasteiger partial charge on any atom is -0.497 e. The van der Waals surface area contributed by atoms with Crippen molar-refractivity contribution in [1.29, 1.82) is 0 Å². The number of nitrogens with one attached hydrogen (secondary N) is 2. The molecule has 2 aromatic carbocycles. The molecule has 0 aliphatic carbocycles. The van der Waals surface area contributed by atoms with Crippen LogP contribution in [0.4, 0.5) is 10.5 Å². The number of amides is 3. The van der Waals surface area contributed by atoms with Crippen LogP contribution in [0.15, 0.2) is 48.5 Å². The zero-order valence-corrected chi connectivity index (χ0v) is 16.1. The highest BCUT2D eigenvalue weighted by Gasteiger charge is 2.32. The molecule has 29 heavy (non-hydrogen) atoms. The number of urea groups is 1. The van der Waals surface area contributed by atoms with Crippen LogP contribution in [0.25, 0.3) is 0 Å². The van der Waals surface area contributed by atoms with Gasteiger partial charge in [-0.2, -0.15) is 0 Å². The molecule has 2 atom stereocenters. The van der Waals surface area contributed by atoms with Crippen LogP contribution in [0.3, 0.4) is 0 Å². The third-order valence-electron chi connectivity index (χ3n) is 4.88. The first-order valence-corrected chi connectivity index (χ1v) is 9.49. The van der Waals surface area contributed by atoms with Crippen molar-refractivity contribution < 1.29 is 23.8 Å². The van der Waals surface area contributed by atoms with Crippen molar-refractivity contribution in [3.63, 3.8) is 0 Å². The van der Waals surface area contributed by atoms with Gasteiger partial charge in [0.15, 0.2) is 17.6 Å². The van der Waals surface area contributed by atoms with E-state index in [1.807, 2.05) is 42.5 Å². The van der Waals surface area contributed by atoms with Gasteiger partial charge >= 0.3 is 6.03 Å². The van der Waals surface area contributed by atoms with Crippen molar-refractivity contribution in [3.8, 4) is 17.2 Å². The Morgan fingerprint density at radius 2 is 2.03 bits per heavy atom. The maximum atomic E-state index is 12.4. The van der Waals surface area contributed by atoms with Crippen molar-refractivity contribution in [3.05, 3.63) is 48.5 Å². The number of carbonyl (C=O) groups excluding carboxylic acids is 2. The number of hydrogen-bond acceptors (Lipinski definition) is 5. The van der Waals surface area contributed by atoms with E-state index in [2.05, 4.69) is 10.6 Å². The molecule has 0 bridgehead atoms. The SMILES string of the molecule is COc1cccc(N2C[C@@H](NC(=O)NC[C@H]3COc4ccccc4O3)CC2=O)c1. The maximum Gasteiger partial charge on any atom is 0.315 e. The summed E-state index contributed by atoms with van der Waals surface area (Å²) in [6.07, 6.45) is -0.0183. The van der Waals surface area contributed by atoms with Gasteiger partial charge in [-0.15, -0.1) is 0 Å². The number of carbonyl (C=O) groups is 2. The molecule has 2 aromatic rings. The van der Waals surface area contributed by atoms with Gasteiger partial charge in [-0.1, -0.05) is 18.2 Å². The van der Waals surface area contributed by atoms with E-state index >= 15 is 0 Å². The highest BCUT2D eigenvalue weighted by molar-refractivity contribution is 5.97. The molecule has 8 nitrogen and oxygen atoms in total. The summed E-state index contributed by atoms with van der Waals surface area (Å²) in [6.45, 7) is 1.08. The fourth-order valence-electron chi connectivity index (χ4n) is 3.44. The second-order valence-corrected chi connectivity index (χ2v) is 6.96. The number of para-hydroxylation sites is 2. The number of rotatable bonds is 5. The second kappa shape index (κ2) is 8.30. The quantitative estimate of drug-likeness (QED) is 0.805. The molecule has 0 spiro atoms. The van der Waals surface area contributed by atoms with Gasteiger partial charge in [0.1, 0.15) is 12.4 Å². The number of hydrogen-bond donors (Lipinski definition) is 2. The molecule has 3 amide bonds. The van der Waals surface area contributed by atoms with Crippen molar-refractivity contribution >= 4 is 17.6 Å². The van der Waals surface area contributed by atoms with Crippen LogP contribution in [0.1, 0.15) is 6.42 Å². The van der Waals surface area contributed by atoms with E-state index < -0.39 is 0 Å². The Kier molecular flexibility index (Phi) is 5.41. The number of methoxy groups -OCH3 is 1. The van der Waals surface area contributed by atoms with Crippen LogP contribution >= 0.6 is 0 Å². The summed E-state index contributed by atoms with van der Waals surface area (Å²) in [7, 11) is 1.58. The van der Waals surface area contributed by atoms with Crippen LogP contribution in [0.5, 0.6) is 17.2 Å². The van der Waals surface area contributed by atoms with Crippen LogP contribution in [-0.2, 0) is 4.79 Å².